The summed E-state index contributed by atoms with van der Waals surface area (Å²) in [7, 11) is 0. The highest BCUT2D eigenvalue weighted by molar-refractivity contribution is 5.96. The largest absolute Gasteiger partial charge is 0.481 e. The van der Waals surface area contributed by atoms with Crippen LogP contribution in [0.3, 0.4) is 0 Å². The summed E-state index contributed by atoms with van der Waals surface area (Å²) >= 11 is 0. The Kier molecular flexibility index (Phi) is 15.3. The minimum atomic E-state index is -1.65. The first-order valence-electron chi connectivity index (χ1n) is 12.3. The molecule has 0 heterocycles. The van der Waals surface area contributed by atoms with E-state index in [-0.39, 0.29) is 6.42 Å². The third-order valence-corrected chi connectivity index (χ3v) is 5.81. The Bertz CT molecular complexity index is 909. The molecule has 0 rings (SSSR count). The van der Waals surface area contributed by atoms with E-state index in [0.29, 0.717) is 6.42 Å². The second-order valence-corrected chi connectivity index (χ2v) is 9.21. The van der Waals surface area contributed by atoms with Crippen LogP contribution in [0.5, 0.6) is 0 Å². The van der Waals surface area contributed by atoms with Gasteiger partial charge in [-0.15, -0.1) is 0 Å². The monoisotopic (exact) mass is 561 g/mol. The maximum Gasteiger partial charge on any atom is 0.326 e. The Morgan fingerprint density at radius 1 is 0.667 bits per heavy atom. The Labute approximate surface area is 225 Å². The zero-order valence-electron chi connectivity index (χ0n) is 22.3. The molecule has 16 heteroatoms. The second-order valence-electron chi connectivity index (χ2n) is 9.21. The smallest absolute Gasteiger partial charge is 0.326 e. The number of hydrogen-bond acceptors (Lipinski definition) is 9. The molecule has 0 aromatic rings. The molecule has 0 saturated carbocycles. The molecular weight excluding hydrogens is 522 g/mol. The summed E-state index contributed by atoms with van der Waals surface area (Å²) < 4.78 is 0. The van der Waals surface area contributed by atoms with Crippen LogP contribution in [0.25, 0.3) is 0 Å². The molecule has 0 aromatic carbocycles. The van der Waals surface area contributed by atoms with Crippen LogP contribution in [0.4, 0.5) is 0 Å². The fourth-order valence-electron chi connectivity index (χ4n) is 3.23. The summed E-state index contributed by atoms with van der Waals surface area (Å²) in [5.41, 5.74) is 5.48. The van der Waals surface area contributed by atoms with E-state index in [1.165, 1.54) is 13.8 Å². The number of carbonyl (C=O) groups excluding carboxylic acids is 4. The van der Waals surface area contributed by atoms with E-state index in [2.05, 4.69) is 21.3 Å². The molecule has 0 saturated heterocycles. The van der Waals surface area contributed by atoms with Crippen LogP contribution in [0, 0.1) is 5.92 Å². The van der Waals surface area contributed by atoms with Crippen LogP contribution in [0.1, 0.15) is 59.8 Å². The average molecular weight is 562 g/mol. The van der Waals surface area contributed by atoms with E-state index < -0.39 is 103 Å². The van der Waals surface area contributed by atoms with Crippen LogP contribution >= 0.6 is 0 Å². The lowest BCUT2D eigenvalue weighted by Crippen LogP contribution is -2.61. The Hall–Kier alpha value is -3.79. The van der Waals surface area contributed by atoms with E-state index in [1.54, 1.807) is 13.8 Å². The van der Waals surface area contributed by atoms with Crippen LogP contribution < -0.4 is 27.0 Å². The molecule has 39 heavy (non-hydrogen) atoms. The van der Waals surface area contributed by atoms with E-state index in [1.807, 2.05) is 0 Å². The zero-order chi connectivity index (χ0) is 30.4. The molecule has 0 unspecified atom stereocenters. The van der Waals surface area contributed by atoms with Gasteiger partial charge in [0.1, 0.15) is 24.2 Å². The highest BCUT2D eigenvalue weighted by Gasteiger charge is 2.35. The topological polar surface area (TPSA) is 275 Å². The lowest BCUT2D eigenvalue weighted by molar-refractivity contribution is -0.144. The van der Waals surface area contributed by atoms with Gasteiger partial charge in [-0.2, -0.15) is 0 Å². The number of nitrogens with two attached hydrogens (primary N) is 1. The average Bonchev–Trinajstić information content (AvgIpc) is 2.83. The first kappa shape index (κ1) is 35.2. The van der Waals surface area contributed by atoms with Crippen LogP contribution in [0.2, 0.25) is 0 Å². The van der Waals surface area contributed by atoms with Gasteiger partial charge in [0.25, 0.3) is 0 Å². The van der Waals surface area contributed by atoms with Crippen molar-refractivity contribution in [2.45, 2.75) is 96.1 Å². The molecule has 0 aliphatic carbocycles. The molecular formula is C23H39N5O11. The molecule has 0 aliphatic heterocycles. The number of carboxylic acid groups (broad SMARTS) is 3. The van der Waals surface area contributed by atoms with E-state index in [4.69, 9.17) is 15.9 Å². The first-order valence-corrected chi connectivity index (χ1v) is 12.3. The summed E-state index contributed by atoms with van der Waals surface area (Å²) in [4.78, 5) is 84.0. The molecule has 4 amide bonds. The summed E-state index contributed by atoms with van der Waals surface area (Å²) in [5, 5.41) is 46.4. The van der Waals surface area contributed by atoms with E-state index in [0.717, 1.165) is 0 Å². The number of rotatable bonds is 18. The SMILES string of the molecule is CC[C@H](C)[C@H](NC(=O)[C@@H](NC(=O)[C@H](CCC(=O)O)NC(=O)[C@H](C)N)[C@@H](C)O)C(=O)N[C@@H](CCC(=O)O)C(=O)O. The number of hydrogen-bond donors (Lipinski definition) is 9. The minimum Gasteiger partial charge on any atom is -0.481 e. The van der Waals surface area contributed by atoms with Gasteiger partial charge in [-0.25, -0.2) is 4.79 Å². The quantitative estimate of drug-likeness (QED) is 0.0841. The van der Waals surface area contributed by atoms with Gasteiger partial charge in [0, 0.05) is 12.8 Å². The third kappa shape index (κ3) is 13.0. The number of nitrogens with one attached hydrogen (secondary N) is 4. The van der Waals surface area contributed by atoms with Gasteiger partial charge >= 0.3 is 17.9 Å². The fourth-order valence-corrected chi connectivity index (χ4v) is 3.23. The maximum absolute atomic E-state index is 13.0. The molecule has 0 aliphatic rings. The molecule has 10 N–H and O–H groups in total. The summed E-state index contributed by atoms with van der Waals surface area (Å²) in [5.74, 6) is -8.24. The molecule has 0 fully saturated rings. The minimum absolute atomic E-state index is 0.345. The molecule has 0 aromatic heterocycles. The number of aliphatic hydroxyl groups excluding tert-OH is 1. The summed E-state index contributed by atoms with van der Waals surface area (Å²) in [6.45, 7) is 5.78. The normalized spacial score (nSPS) is 16.3. The number of amides is 4. The standard InChI is InChI=1S/C23H39N5O11/c1-5-10(2)17(21(36)26-14(23(38)39)7-9-16(32)33)27-22(37)18(12(4)29)28-20(35)13(6-8-15(30)31)25-19(34)11(3)24/h10-14,17-18,29H,5-9,24H2,1-4H3,(H,25,34)(H,26,36)(H,27,37)(H,28,35)(H,30,31)(H,32,33)(H,38,39)/t10-,11-,12+,13-,14-,17-,18-/m0/s1. The van der Waals surface area contributed by atoms with Crippen molar-refractivity contribution in [1.29, 1.82) is 0 Å². The first-order chi connectivity index (χ1) is 18.0. The van der Waals surface area contributed by atoms with Crippen molar-refractivity contribution in [3.63, 3.8) is 0 Å². The molecule has 0 spiro atoms. The highest BCUT2D eigenvalue weighted by atomic mass is 16.4. The summed E-state index contributed by atoms with van der Waals surface area (Å²) in [6.07, 6.45) is -2.96. The van der Waals surface area contributed by atoms with Crippen molar-refractivity contribution >= 4 is 41.5 Å². The van der Waals surface area contributed by atoms with Gasteiger partial charge in [-0.05, 0) is 32.6 Å². The fraction of sp³-hybridized carbons (Fsp3) is 0.696. The van der Waals surface area contributed by atoms with Crippen molar-refractivity contribution in [3.8, 4) is 0 Å². The van der Waals surface area contributed by atoms with Crippen LogP contribution in [0.15, 0.2) is 0 Å². The Balaban J connectivity index is 5.78. The lowest BCUT2D eigenvalue weighted by atomic mass is 9.96. The van der Waals surface area contributed by atoms with E-state index in [9.17, 15) is 43.8 Å². The van der Waals surface area contributed by atoms with Gasteiger partial charge in [0.05, 0.1) is 12.1 Å². The molecule has 0 radical (unpaired) electrons. The predicted molar refractivity (Wildman–Crippen MR) is 134 cm³/mol. The van der Waals surface area contributed by atoms with Crippen molar-refractivity contribution in [1.82, 2.24) is 21.3 Å². The third-order valence-electron chi connectivity index (χ3n) is 5.81. The van der Waals surface area contributed by atoms with Gasteiger partial charge in [-0.1, -0.05) is 20.3 Å². The van der Waals surface area contributed by atoms with Crippen LogP contribution in [-0.4, -0.2) is 98.3 Å². The van der Waals surface area contributed by atoms with Gasteiger partial charge in [-0.3, -0.25) is 28.8 Å². The van der Waals surface area contributed by atoms with Crippen molar-refractivity contribution in [2.24, 2.45) is 11.7 Å². The van der Waals surface area contributed by atoms with Gasteiger partial charge < -0.3 is 47.4 Å². The number of aliphatic carboxylic acids is 3. The second kappa shape index (κ2) is 16.9. The molecule has 16 nitrogen and oxygen atoms in total. The highest BCUT2D eigenvalue weighted by Crippen LogP contribution is 2.11. The maximum atomic E-state index is 13.0. The lowest BCUT2D eigenvalue weighted by Gasteiger charge is -2.29. The van der Waals surface area contributed by atoms with Crippen LogP contribution in [-0.2, 0) is 33.6 Å². The van der Waals surface area contributed by atoms with Crippen molar-refractivity contribution < 1.29 is 54.0 Å². The zero-order valence-corrected chi connectivity index (χ0v) is 22.3. The van der Waals surface area contributed by atoms with E-state index >= 15 is 0 Å². The molecule has 222 valence electrons. The number of aliphatic hydroxyl groups is 1. The van der Waals surface area contributed by atoms with Gasteiger partial charge in [0.2, 0.25) is 23.6 Å². The van der Waals surface area contributed by atoms with Crippen molar-refractivity contribution in [3.05, 3.63) is 0 Å². The van der Waals surface area contributed by atoms with Crippen molar-refractivity contribution in [2.75, 3.05) is 0 Å². The molecule has 7 atom stereocenters. The number of carboxylic acids is 3. The Morgan fingerprint density at radius 2 is 1.10 bits per heavy atom. The molecule has 0 bridgehead atoms. The predicted octanol–water partition coefficient (Wildman–Crippen LogP) is -2.49. The Morgan fingerprint density at radius 3 is 1.51 bits per heavy atom. The summed E-state index contributed by atoms with van der Waals surface area (Å²) in [6, 6.07) is -6.96. The van der Waals surface area contributed by atoms with Gasteiger partial charge in [0.15, 0.2) is 0 Å². The number of carbonyl (C=O) groups is 7.